The summed E-state index contributed by atoms with van der Waals surface area (Å²) >= 11 is 0. The monoisotopic (exact) mass is 303 g/mol. The smallest absolute Gasteiger partial charge is 0.352 e. The third-order valence-electron chi connectivity index (χ3n) is 2.65. The Labute approximate surface area is 121 Å². The number of halogens is 3. The van der Waals surface area contributed by atoms with Gasteiger partial charge in [0.1, 0.15) is 6.61 Å². The molecule has 0 aromatic rings. The fourth-order valence-electron chi connectivity index (χ4n) is 2.00. The molecule has 21 heavy (non-hydrogen) atoms. The summed E-state index contributed by atoms with van der Waals surface area (Å²) in [6.45, 7) is 0.683. The van der Waals surface area contributed by atoms with Crippen molar-refractivity contribution in [3.8, 4) is 12.1 Å². The molecule has 0 radical (unpaired) electrons. The van der Waals surface area contributed by atoms with E-state index in [4.69, 9.17) is 15.3 Å². The maximum Gasteiger partial charge on any atom is 0.411 e. The van der Waals surface area contributed by atoms with Crippen LogP contribution in [-0.4, -0.2) is 60.3 Å². The first kappa shape index (κ1) is 17.2. The summed E-state index contributed by atoms with van der Waals surface area (Å²) in [7, 11) is 0. The van der Waals surface area contributed by atoms with E-state index in [1.807, 2.05) is 12.1 Å². The fraction of sp³-hybridized carbons (Fsp3) is 0.667. The predicted octanol–water partition coefficient (Wildman–Crippen LogP) is 1.26. The summed E-state index contributed by atoms with van der Waals surface area (Å²) in [5.41, 5.74) is 0. The topological polar surface area (TPSA) is 66.5 Å². The molecule has 0 aromatic carbocycles. The van der Waals surface area contributed by atoms with Crippen LogP contribution in [0.3, 0.4) is 0 Å². The molecule has 0 N–H and O–H groups in total. The van der Waals surface area contributed by atoms with Crippen molar-refractivity contribution in [1.29, 1.82) is 10.5 Å². The molecule has 1 aliphatic heterocycles. The van der Waals surface area contributed by atoms with Crippen LogP contribution in [0.1, 0.15) is 6.92 Å². The van der Waals surface area contributed by atoms with E-state index in [0.29, 0.717) is 0 Å². The van der Waals surface area contributed by atoms with Gasteiger partial charge in [-0.25, -0.2) is 9.80 Å². The average Bonchev–Trinajstić information content (AvgIpc) is 2.37. The van der Waals surface area contributed by atoms with Crippen LogP contribution in [-0.2, 0) is 4.74 Å². The summed E-state index contributed by atoms with van der Waals surface area (Å²) in [5.74, 6) is 0. The third kappa shape index (κ3) is 5.60. The third-order valence-corrected chi connectivity index (χ3v) is 2.65. The van der Waals surface area contributed by atoms with Crippen LogP contribution >= 0.6 is 0 Å². The number of rotatable bonds is 5. The van der Waals surface area contributed by atoms with E-state index >= 15 is 0 Å². The van der Waals surface area contributed by atoms with E-state index in [1.165, 1.54) is 9.80 Å². The summed E-state index contributed by atoms with van der Waals surface area (Å²) in [6.07, 6.45) is -2.00. The molecule has 1 aliphatic rings. The van der Waals surface area contributed by atoms with Gasteiger partial charge in [0.2, 0.25) is 0 Å². The average molecular weight is 303 g/mol. The second-order valence-electron chi connectivity index (χ2n) is 4.42. The molecule has 0 bridgehead atoms. The summed E-state index contributed by atoms with van der Waals surface area (Å²) in [6, 6.07) is 3.79. The highest BCUT2D eigenvalue weighted by Crippen LogP contribution is 2.21. The van der Waals surface area contributed by atoms with Gasteiger partial charge in [0, 0.05) is 0 Å². The van der Waals surface area contributed by atoms with E-state index in [9.17, 15) is 13.2 Å². The van der Waals surface area contributed by atoms with Gasteiger partial charge in [-0.15, -0.1) is 0 Å². The standard InChI is InChI=1S/C12H16F3N5O/c1-2-5-18-9-19(6-3-16)11(20(10-18)7-4-17)21-8-12(13,14)15/h2,5,11H,6-10H2,1H3/b5-2-. The maximum atomic E-state index is 12.3. The molecule has 0 unspecified atom stereocenters. The van der Waals surface area contributed by atoms with Crippen molar-refractivity contribution in [2.45, 2.75) is 19.5 Å². The van der Waals surface area contributed by atoms with Crippen molar-refractivity contribution in [1.82, 2.24) is 14.7 Å². The van der Waals surface area contributed by atoms with Crippen LogP contribution < -0.4 is 0 Å². The van der Waals surface area contributed by atoms with E-state index in [0.717, 1.165) is 0 Å². The molecule has 116 valence electrons. The van der Waals surface area contributed by atoms with Gasteiger partial charge < -0.3 is 9.64 Å². The second-order valence-corrected chi connectivity index (χ2v) is 4.42. The number of nitriles is 2. The van der Waals surface area contributed by atoms with Crippen molar-refractivity contribution >= 4 is 0 Å². The van der Waals surface area contributed by atoms with Gasteiger partial charge in [-0.05, 0) is 13.1 Å². The Hall–Kier alpha value is -1.81. The molecule has 6 nitrogen and oxygen atoms in total. The van der Waals surface area contributed by atoms with Crippen LogP contribution in [0.2, 0.25) is 0 Å². The fourth-order valence-corrected chi connectivity index (χ4v) is 2.00. The number of hydrogen-bond acceptors (Lipinski definition) is 6. The largest absolute Gasteiger partial charge is 0.411 e. The first-order valence-electron chi connectivity index (χ1n) is 6.18. The van der Waals surface area contributed by atoms with E-state index in [-0.39, 0.29) is 26.4 Å². The number of nitrogens with zero attached hydrogens (tertiary/aromatic N) is 5. The van der Waals surface area contributed by atoms with Gasteiger partial charge in [0.25, 0.3) is 0 Å². The van der Waals surface area contributed by atoms with Crippen molar-refractivity contribution in [2.75, 3.05) is 33.0 Å². The molecule has 9 heteroatoms. The molecular formula is C12H16F3N5O. The van der Waals surface area contributed by atoms with Gasteiger partial charge >= 0.3 is 6.18 Å². The van der Waals surface area contributed by atoms with Crippen LogP contribution in [0.15, 0.2) is 12.3 Å². The van der Waals surface area contributed by atoms with Crippen LogP contribution in [0.5, 0.6) is 0 Å². The van der Waals surface area contributed by atoms with Gasteiger partial charge in [0.05, 0.1) is 38.6 Å². The first-order valence-corrected chi connectivity index (χ1v) is 6.18. The molecule has 0 spiro atoms. The lowest BCUT2D eigenvalue weighted by Crippen LogP contribution is -2.61. The minimum atomic E-state index is -4.46. The lowest BCUT2D eigenvalue weighted by molar-refractivity contribution is -0.251. The lowest BCUT2D eigenvalue weighted by atomic mass is 10.4. The zero-order chi connectivity index (χ0) is 15.9. The molecule has 0 saturated carbocycles. The molecule has 0 amide bonds. The zero-order valence-corrected chi connectivity index (χ0v) is 11.5. The van der Waals surface area contributed by atoms with Crippen molar-refractivity contribution < 1.29 is 17.9 Å². The quantitative estimate of drug-likeness (QED) is 0.713. The molecule has 1 heterocycles. The second kappa shape index (κ2) is 7.84. The van der Waals surface area contributed by atoms with Crippen molar-refractivity contribution in [3.63, 3.8) is 0 Å². The summed E-state index contributed by atoms with van der Waals surface area (Å²) < 4.78 is 41.8. The molecule has 0 atom stereocenters. The van der Waals surface area contributed by atoms with Gasteiger partial charge in [-0.1, -0.05) is 6.08 Å². The highest BCUT2D eigenvalue weighted by atomic mass is 19.4. The van der Waals surface area contributed by atoms with Crippen molar-refractivity contribution in [3.05, 3.63) is 12.3 Å². The Balaban J connectivity index is 2.86. The number of allylic oxidation sites excluding steroid dienone is 1. The Bertz CT molecular complexity index is 414. The summed E-state index contributed by atoms with van der Waals surface area (Å²) in [5, 5.41) is 17.6. The Morgan fingerprint density at radius 1 is 1.19 bits per heavy atom. The van der Waals surface area contributed by atoms with Crippen LogP contribution in [0.4, 0.5) is 13.2 Å². The maximum absolute atomic E-state index is 12.3. The molecular weight excluding hydrogens is 287 g/mol. The minimum Gasteiger partial charge on any atom is -0.352 e. The van der Waals surface area contributed by atoms with Crippen LogP contribution in [0.25, 0.3) is 0 Å². The molecule has 1 fully saturated rings. The number of hydrogen-bond donors (Lipinski definition) is 0. The van der Waals surface area contributed by atoms with Crippen molar-refractivity contribution in [2.24, 2.45) is 0 Å². The van der Waals surface area contributed by atoms with Crippen LogP contribution in [0, 0.1) is 22.7 Å². The van der Waals surface area contributed by atoms with Gasteiger partial charge in [0.15, 0.2) is 6.35 Å². The highest BCUT2D eigenvalue weighted by Gasteiger charge is 2.36. The number of ether oxygens (including phenoxy) is 1. The number of alkyl halides is 3. The molecule has 1 rings (SSSR count). The normalized spacial score (nSPS) is 18.9. The molecule has 1 saturated heterocycles. The highest BCUT2D eigenvalue weighted by molar-refractivity contribution is 4.89. The minimum absolute atomic E-state index is 0.0987. The predicted molar refractivity (Wildman–Crippen MR) is 66.8 cm³/mol. The molecule has 0 aromatic heterocycles. The van der Waals surface area contributed by atoms with Gasteiger partial charge in [-0.2, -0.15) is 23.7 Å². The van der Waals surface area contributed by atoms with E-state index < -0.39 is 19.1 Å². The lowest BCUT2D eigenvalue weighted by Gasteiger charge is -2.46. The SMILES string of the molecule is C/C=C\N1CN(CC#N)C(OCC(F)(F)F)N(CC#N)C1. The zero-order valence-electron chi connectivity index (χ0n) is 11.5. The Morgan fingerprint density at radius 3 is 2.10 bits per heavy atom. The Kier molecular flexibility index (Phi) is 6.43. The molecule has 0 aliphatic carbocycles. The van der Waals surface area contributed by atoms with E-state index in [1.54, 1.807) is 24.1 Å². The summed E-state index contributed by atoms with van der Waals surface area (Å²) in [4.78, 5) is 4.65. The van der Waals surface area contributed by atoms with Gasteiger partial charge in [-0.3, -0.25) is 0 Å². The first-order chi connectivity index (χ1) is 9.91. The Morgan fingerprint density at radius 2 is 1.71 bits per heavy atom. The van der Waals surface area contributed by atoms with E-state index in [2.05, 4.69) is 0 Å².